The van der Waals surface area contributed by atoms with Gasteiger partial charge in [0, 0.05) is 24.7 Å². The predicted molar refractivity (Wildman–Crippen MR) is 88.8 cm³/mol. The molecule has 1 aromatic heterocycles. The molecule has 2 amide bonds. The van der Waals surface area contributed by atoms with E-state index in [1.165, 1.54) is 12.8 Å². The number of hydrogen-bond donors (Lipinski definition) is 1. The molecule has 0 aliphatic heterocycles. The fraction of sp³-hybridized carbons (Fsp3) is 0.412. The summed E-state index contributed by atoms with van der Waals surface area (Å²) >= 11 is 1.64. The van der Waals surface area contributed by atoms with E-state index in [1.54, 1.807) is 16.2 Å². The lowest BCUT2D eigenvalue weighted by molar-refractivity contribution is 0.201. The highest BCUT2D eigenvalue weighted by atomic mass is 32.1. The quantitative estimate of drug-likeness (QED) is 0.913. The van der Waals surface area contributed by atoms with Gasteiger partial charge in [0.15, 0.2) is 0 Å². The largest absolute Gasteiger partial charge is 0.328 e. The van der Waals surface area contributed by atoms with Gasteiger partial charge < -0.3 is 10.2 Å². The zero-order valence-electron chi connectivity index (χ0n) is 13.0. The molecule has 0 bridgehead atoms. The van der Waals surface area contributed by atoms with Crippen molar-refractivity contribution in [3.63, 3.8) is 0 Å². The van der Waals surface area contributed by atoms with Crippen molar-refractivity contribution in [2.75, 3.05) is 7.05 Å². The Morgan fingerprint density at radius 1 is 1.41 bits per heavy atom. The maximum absolute atomic E-state index is 12.5. The molecule has 1 unspecified atom stereocenters. The van der Waals surface area contributed by atoms with Gasteiger partial charge in [-0.05, 0) is 31.2 Å². The summed E-state index contributed by atoms with van der Waals surface area (Å²) in [6, 6.07) is 10.1. The third-order valence-corrected chi connectivity index (χ3v) is 4.93. The van der Waals surface area contributed by atoms with E-state index >= 15 is 0 Å². The normalized spacial score (nSPS) is 15.4. The van der Waals surface area contributed by atoms with Crippen LogP contribution in [0.2, 0.25) is 0 Å². The van der Waals surface area contributed by atoms with E-state index < -0.39 is 0 Å². The second kappa shape index (κ2) is 6.48. The number of nitrogens with one attached hydrogen (secondary N) is 1. The summed E-state index contributed by atoms with van der Waals surface area (Å²) in [5.41, 5.74) is 2.16. The highest BCUT2D eigenvalue weighted by Crippen LogP contribution is 2.41. The van der Waals surface area contributed by atoms with Gasteiger partial charge in [-0.15, -0.1) is 11.3 Å². The molecule has 4 nitrogen and oxygen atoms in total. The molecule has 3 rings (SSSR count). The van der Waals surface area contributed by atoms with E-state index in [-0.39, 0.29) is 12.1 Å². The lowest BCUT2D eigenvalue weighted by atomic mass is 10.2. The summed E-state index contributed by atoms with van der Waals surface area (Å²) in [5.74, 6) is 0.541. The number of hydrogen-bond acceptors (Lipinski definition) is 3. The zero-order valence-corrected chi connectivity index (χ0v) is 13.8. The molecule has 1 aliphatic carbocycles. The molecule has 1 atom stereocenters. The summed E-state index contributed by atoms with van der Waals surface area (Å²) in [6.45, 7) is 2.61. The van der Waals surface area contributed by atoms with Crippen LogP contribution in [0.15, 0.2) is 35.7 Å². The summed E-state index contributed by atoms with van der Waals surface area (Å²) < 4.78 is 0. The molecule has 1 heterocycles. The summed E-state index contributed by atoms with van der Waals surface area (Å²) in [6.07, 6.45) is 2.35. The van der Waals surface area contributed by atoms with Gasteiger partial charge in [0.05, 0.1) is 6.04 Å². The molecule has 1 fully saturated rings. The van der Waals surface area contributed by atoms with E-state index in [1.807, 2.05) is 49.7 Å². The number of amides is 2. The minimum absolute atomic E-state index is 0.0337. The Morgan fingerprint density at radius 3 is 2.73 bits per heavy atom. The van der Waals surface area contributed by atoms with Crippen LogP contribution < -0.4 is 5.32 Å². The molecule has 22 heavy (non-hydrogen) atoms. The number of carbonyl (C=O) groups is 1. The van der Waals surface area contributed by atoms with Gasteiger partial charge in [-0.25, -0.2) is 9.78 Å². The first-order valence-electron chi connectivity index (χ1n) is 7.61. The molecule has 116 valence electrons. The molecule has 5 heteroatoms. The Balaban J connectivity index is 1.64. The second-order valence-electron chi connectivity index (χ2n) is 5.93. The molecule has 1 saturated carbocycles. The van der Waals surface area contributed by atoms with Crippen molar-refractivity contribution in [1.82, 2.24) is 15.2 Å². The summed E-state index contributed by atoms with van der Waals surface area (Å²) in [4.78, 5) is 18.7. The van der Waals surface area contributed by atoms with E-state index in [9.17, 15) is 4.79 Å². The number of thiazole rings is 1. The van der Waals surface area contributed by atoms with Gasteiger partial charge in [0.2, 0.25) is 0 Å². The number of rotatable bonds is 5. The van der Waals surface area contributed by atoms with Gasteiger partial charge in [-0.1, -0.05) is 30.3 Å². The molecule has 2 aromatic rings. The highest BCUT2D eigenvalue weighted by molar-refractivity contribution is 7.09. The topological polar surface area (TPSA) is 45.2 Å². The van der Waals surface area contributed by atoms with Crippen molar-refractivity contribution >= 4 is 17.4 Å². The van der Waals surface area contributed by atoms with E-state index in [2.05, 4.69) is 10.3 Å². The van der Waals surface area contributed by atoms with Crippen LogP contribution >= 0.6 is 11.3 Å². The Labute approximate surface area is 135 Å². The summed E-state index contributed by atoms with van der Waals surface area (Å²) in [7, 11) is 1.83. The second-order valence-corrected chi connectivity index (χ2v) is 6.82. The van der Waals surface area contributed by atoms with Gasteiger partial charge in [-0.2, -0.15) is 0 Å². The first kappa shape index (κ1) is 15.0. The minimum atomic E-state index is -0.0337. The van der Waals surface area contributed by atoms with Crippen LogP contribution in [-0.2, 0) is 6.54 Å². The maximum atomic E-state index is 12.5. The van der Waals surface area contributed by atoms with Crippen LogP contribution in [0.1, 0.15) is 35.1 Å². The molecule has 1 aliphatic rings. The number of carbonyl (C=O) groups excluding carboxylic acids is 1. The van der Waals surface area contributed by atoms with Crippen molar-refractivity contribution in [2.45, 2.75) is 32.4 Å². The predicted octanol–water partition coefficient (Wildman–Crippen LogP) is 3.74. The SMILES string of the molecule is Cc1csc(C(NC(=O)N(C)Cc2ccccc2)C2CC2)n1. The van der Waals surface area contributed by atoms with E-state index in [4.69, 9.17) is 0 Å². The van der Waals surface area contributed by atoms with Crippen LogP contribution in [0.4, 0.5) is 4.79 Å². The highest BCUT2D eigenvalue weighted by Gasteiger charge is 2.35. The average Bonchev–Trinajstić information content (AvgIpc) is 3.27. The molecular weight excluding hydrogens is 294 g/mol. The van der Waals surface area contributed by atoms with Crippen LogP contribution in [0.5, 0.6) is 0 Å². The number of aromatic nitrogens is 1. The average molecular weight is 315 g/mol. The fourth-order valence-electron chi connectivity index (χ4n) is 2.50. The fourth-order valence-corrected chi connectivity index (χ4v) is 3.44. The number of benzene rings is 1. The Bertz CT molecular complexity index is 636. The lowest BCUT2D eigenvalue weighted by Crippen LogP contribution is -2.39. The monoisotopic (exact) mass is 315 g/mol. The van der Waals surface area contributed by atoms with Crippen molar-refractivity contribution in [3.05, 3.63) is 52.0 Å². The van der Waals surface area contributed by atoms with Gasteiger partial charge in [0.1, 0.15) is 5.01 Å². The van der Waals surface area contributed by atoms with Crippen LogP contribution in [0.25, 0.3) is 0 Å². The van der Waals surface area contributed by atoms with Gasteiger partial charge in [-0.3, -0.25) is 0 Å². The van der Waals surface area contributed by atoms with Gasteiger partial charge >= 0.3 is 6.03 Å². The molecule has 1 N–H and O–H groups in total. The van der Waals surface area contributed by atoms with Crippen molar-refractivity contribution in [2.24, 2.45) is 5.92 Å². The van der Waals surface area contributed by atoms with Gasteiger partial charge in [0.25, 0.3) is 0 Å². The first-order chi connectivity index (χ1) is 10.6. The van der Waals surface area contributed by atoms with Crippen molar-refractivity contribution < 1.29 is 4.79 Å². The third-order valence-electron chi connectivity index (χ3n) is 3.88. The Kier molecular flexibility index (Phi) is 4.43. The first-order valence-corrected chi connectivity index (χ1v) is 8.49. The lowest BCUT2D eigenvalue weighted by Gasteiger charge is -2.22. The molecule has 0 radical (unpaired) electrons. The Morgan fingerprint density at radius 2 is 2.14 bits per heavy atom. The number of aryl methyl sites for hydroxylation is 1. The third kappa shape index (κ3) is 3.65. The zero-order chi connectivity index (χ0) is 15.5. The van der Waals surface area contributed by atoms with Crippen molar-refractivity contribution in [1.29, 1.82) is 0 Å². The number of nitrogens with zero attached hydrogens (tertiary/aromatic N) is 2. The van der Waals surface area contributed by atoms with Crippen LogP contribution in [0.3, 0.4) is 0 Å². The standard InChI is InChI=1S/C17H21N3OS/c1-12-11-22-16(18-12)15(14-8-9-14)19-17(21)20(2)10-13-6-4-3-5-7-13/h3-7,11,14-15H,8-10H2,1-2H3,(H,19,21). The smallest absolute Gasteiger partial charge is 0.318 e. The van der Waals surface area contributed by atoms with Crippen LogP contribution in [0, 0.1) is 12.8 Å². The van der Waals surface area contributed by atoms with E-state index in [0.717, 1.165) is 16.3 Å². The molecule has 0 saturated heterocycles. The number of urea groups is 1. The summed E-state index contributed by atoms with van der Waals surface area (Å²) in [5, 5.41) is 6.24. The molecule has 0 spiro atoms. The molecular formula is C17H21N3OS. The van der Waals surface area contributed by atoms with Crippen LogP contribution in [-0.4, -0.2) is 23.0 Å². The molecule has 1 aromatic carbocycles. The van der Waals surface area contributed by atoms with Crippen molar-refractivity contribution in [3.8, 4) is 0 Å². The minimum Gasteiger partial charge on any atom is -0.328 e. The maximum Gasteiger partial charge on any atom is 0.318 e. The Hall–Kier alpha value is -1.88. The van der Waals surface area contributed by atoms with E-state index in [0.29, 0.717) is 12.5 Å².